The van der Waals surface area contributed by atoms with Gasteiger partial charge < -0.3 is 10.5 Å². The minimum absolute atomic E-state index is 0.00641. The number of ether oxygens (including phenoxy) is 1. The molecular weight excluding hydrogens is 350 g/mol. The number of benzene rings is 1. The van der Waals surface area contributed by atoms with Gasteiger partial charge in [-0.15, -0.1) is 0 Å². The maximum atomic E-state index is 13.6. The zero-order valence-electron chi connectivity index (χ0n) is 16.6. The van der Waals surface area contributed by atoms with Crippen molar-refractivity contribution >= 4 is 11.9 Å². The number of fused-ring (bicyclic) bond motifs is 3. The lowest BCUT2D eigenvalue weighted by atomic mass is 9.61. The number of rotatable bonds is 1. The summed E-state index contributed by atoms with van der Waals surface area (Å²) in [5.41, 5.74) is 8.25. The molecule has 5 rings (SSSR count). The maximum Gasteiger partial charge on any atom is 0.262 e. The van der Waals surface area contributed by atoms with Gasteiger partial charge in [-0.2, -0.15) is 0 Å². The number of carbonyl (C=O) groups is 1. The van der Waals surface area contributed by atoms with Crippen molar-refractivity contribution < 1.29 is 9.53 Å². The molecule has 1 atom stereocenters. The number of guanidine groups is 1. The molecule has 3 aliphatic carbocycles. The fourth-order valence-electron chi connectivity index (χ4n) is 5.42. The van der Waals surface area contributed by atoms with Crippen molar-refractivity contribution in [2.45, 2.75) is 56.6 Å². The molecule has 0 aromatic heterocycles. The molecule has 0 radical (unpaired) electrons. The first kappa shape index (κ1) is 17.8. The Morgan fingerprint density at radius 3 is 2.61 bits per heavy atom. The highest BCUT2D eigenvalue weighted by atomic mass is 16.5. The third-order valence-corrected chi connectivity index (χ3v) is 7.26. The molecule has 5 nitrogen and oxygen atoms in total. The summed E-state index contributed by atoms with van der Waals surface area (Å²) in [7, 11) is 3.51. The largest absolute Gasteiger partial charge is 0.381 e. The van der Waals surface area contributed by atoms with Crippen LogP contribution in [0, 0.1) is 23.2 Å². The van der Waals surface area contributed by atoms with E-state index in [2.05, 4.69) is 30.0 Å². The molecule has 1 aliphatic heterocycles. The molecule has 0 unspecified atom stereocenters. The molecule has 2 spiro atoms. The summed E-state index contributed by atoms with van der Waals surface area (Å²) in [5.74, 6) is 7.52. The zero-order valence-corrected chi connectivity index (χ0v) is 16.6. The molecule has 0 saturated heterocycles. The number of amides is 1. The van der Waals surface area contributed by atoms with Gasteiger partial charge in [0, 0.05) is 31.1 Å². The van der Waals surface area contributed by atoms with E-state index in [1.54, 1.807) is 14.2 Å². The van der Waals surface area contributed by atoms with Crippen LogP contribution in [0.4, 0.5) is 0 Å². The Kier molecular flexibility index (Phi) is 3.86. The number of nitrogens with two attached hydrogens (primary N) is 1. The number of nitrogens with zero attached hydrogens (tertiary/aromatic N) is 2. The number of aliphatic imine (C=N–C) groups is 1. The standard InChI is InChI=1S/C23H27N3O2/c1-26-20(27)23(25-21(26)24)19-13-16(6-5-15-3-4-15)7-8-17(19)14-22(23)11-9-18(28-2)10-12-22/h7-8,13,15,18H,3-4,9-12,14H2,1-2H3,(H2,24,25)/t18?,22?,23-/m1/s1. The molecule has 2 saturated carbocycles. The van der Waals surface area contributed by atoms with Gasteiger partial charge in [0.1, 0.15) is 0 Å². The van der Waals surface area contributed by atoms with E-state index in [4.69, 9.17) is 15.5 Å². The summed E-state index contributed by atoms with van der Waals surface area (Å²) < 4.78 is 5.60. The molecule has 2 N–H and O–H groups in total. The van der Waals surface area contributed by atoms with Crippen molar-refractivity contribution in [1.82, 2.24) is 4.90 Å². The Labute approximate surface area is 166 Å². The van der Waals surface area contributed by atoms with Gasteiger partial charge >= 0.3 is 0 Å². The SMILES string of the molecule is COC1CCC2(CC1)Cc1ccc(C#CC3CC3)cc1[C@]21N=C(N)N(C)C1=O. The Morgan fingerprint density at radius 2 is 2.00 bits per heavy atom. The first-order valence-corrected chi connectivity index (χ1v) is 10.3. The van der Waals surface area contributed by atoms with Gasteiger partial charge in [-0.25, -0.2) is 4.99 Å². The van der Waals surface area contributed by atoms with E-state index >= 15 is 0 Å². The van der Waals surface area contributed by atoms with Crippen molar-refractivity contribution in [2.24, 2.45) is 22.1 Å². The van der Waals surface area contributed by atoms with Gasteiger partial charge in [0.15, 0.2) is 11.5 Å². The van der Waals surface area contributed by atoms with Gasteiger partial charge in [0.2, 0.25) is 0 Å². The van der Waals surface area contributed by atoms with E-state index < -0.39 is 5.54 Å². The molecule has 4 aliphatic rings. The molecule has 146 valence electrons. The Bertz CT molecular complexity index is 929. The number of methoxy groups -OCH3 is 1. The highest BCUT2D eigenvalue weighted by Crippen LogP contribution is 2.61. The predicted octanol–water partition coefficient (Wildman–Crippen LogP) is 2.56. The number of hydrogen-bond acceptors (Lipinski definition) is 4. The minimum Gasteiger partial charge on any atom is -0.381 e. The van der Waals surface area contributed by atoms with E-state index in [1.165, 1.54) is 23.3 Å². The van der Waals surface area contributed by atoms with E-state index in [0.29, 0.717) is 11.9 Å². The number of carbonyl (C=O) groups excluding carboxylic acids is 1. The number of hydrogen-bond donors (Lipinski definition) is 1. The first-order valence-electron chi connectivity index (χ1n) is 10.3. The zero-order chi connectivity index (χ0) is 19.5. The number of likely N-dealkylation sites (N-methyl/N-ethyl adjacent to an activating group) is 1. The summed E-state index contributed by atoms with van der Waals surface area (Å²) in [5, 5.41) is 0. The summed E-state index contributed by atoms with van der Waals surface area (Å²) in [6.45, 7) is 0. The van der Waals surface area contributed by atoms with E-state index in [9.17, 15) is 4.79 Å². The Morgan fingerprint density at radius 1 is 1.25 bits per heavy atom. The summed E-state index contributed by atoms with van der Waals surface area (Å²) in [6, 6.07) is 6.36. The fraction of sp³-hybridized carbons (Fsp3) is 0.565. The topological polar surface area (TPSA) is 67.9 Å². The van der Waals surface area contributed by atoms with Gasteiger partial charge in [-0.05, 0) is 68.2 Å². The van der Waals surface area contributed by atoms with Crippen molar-refractivity contribution in [1.29, 1.82) is 0 Å². The van der Waals surface area contributed by atoms with Crippen LogP contribution in [0.3, 0.4) is 0 Å². The normalized spacial score (nSPS) is 33.8. The maximum absolute atomic E-state index is 13.6. The van der Waals surface area contributed by atoms with Crippen molar-refractivity contribution in [2.75, 3.05) is 14.2 Å². The van der Waals surface area contributed by atoms with Crippen LogP contribution >= 0.6 is 0 Å². The van der Waals surface area contributed by atoms with Crippen molar-refractivity contribution in [3.05, 3.63) is 34.9 Å². The van der Waals surface area contributed by atoms with Gasteiger partial charge in [-0.3, -0.25) is 9.69 Å². The molecule has 1 aromatic carbocycles. The molecule has 0 bridgehead atoms. The first-order chi connectivity index (χ1) is 13.5. The van der Waals surface area contributed by atoms with Crippen LogP contribution in [-0.2, 0) is 21.5 Å². The minimum atomic E-state index is -0.906. The summed E-state index contributed by atoms with van der Waals surface area (Å²) in [6.07, 6.45) is 7.28. The molecule has 1 amide bonds. The van der Waals surface area contributed by atoms with Crippen LogP contribution in [0.25, 0.3) is 0 Å². The Hall–Kier alpha value is -2.32. The molecule has 1 aromatic rings. The van der Waals surface area contributed by atoms with Gasteiger partial charge in [-0.1, -0.05) is 17.9 Å². The molecular formula is C23H27N3O2. The lowest BCUT2D eigenvalue weighted by molar-refractivity contribution is -0.137. The van der Waals surface area contributed by atoms with Crippen LogP contribution < -0.4 is 5.73 Å². The van der Waals surface area contributed by atoms with E-state index in [-0.39, 0.29) is 17.4 Å². The van der Waals surface area contributed by atoms with Crippen molar-refractivity contribution in [3.8, 4) is 11.8 Å². The average molecular weight is 377 g/mol. The third kappa shape index (κ3) is 2.37. The fourth-order valence-corrected chi connectivity index (χ4v) is 5.42. The van der Waals surface area contributed by atoms with E-state index in [0.717, 1.165) is 43.2 Å². The second kappa shape index (κ2) is 6.09. The highest BCUT2D eigenvalue weighted by Gasteiger charge is 2.66. The van der Waals surface area contributed by atoms with Gasteiger partial charge in [0.25, 0.3) is 5.91 Å². The average Bonchev–Trinajstić information content (AvgIpc) is 3.47. The summed E-state index contributed by atoms with van der Waals surface area (Å²) >= 11 is 0. The second-order valence-electron chi connectivity index (χ2n) is 8.85. The quantitative estimate of drug-likeness (QED) is 0.765. The summed E-state index contributed by atoms with van der Waals surface area (Å²) in [4.78, 5) is 20.0. The molecule has 5 heteroatoms. The molecule has 2 fully saturated rings. The smallest absolute Gasteiger partial charge is 0.262 e. The lowest BCUT2D eigenvalue weighted by Crippen LogP contribution is -2.51. The van der Waals surface area contributed by atoms with Crippen LogP contribution in [-0.4, -0.2) is 37.0 Å². The Balaban J connectivity index is 1.63. The van der Waals surface area contributed by atoms with Crippen LogP contribution in [0.2, 0.25) is 0 Å². The molecule has 1 heterocycles. The predicted molar refractivity (Wildman–Crippen MR) is 108 cm³/mol. The lowest BCUT2D eigenvalue weighted by Gasteiger charge is -2.45. The monoisotopic (exact) mass is 377 g/mol. The highest BCUT2D eigenvalue weighted by molar-refractivity contribution is 6.08. The molecule has 28 heavy (non-hydrogen) atoms. The van der Waals surface area contributed by atoms with Gasteiger partial charge in [0.05, 0.1) is 6.10 Å². The third-order valence-electron chi connectivity index (χ3n) is 7.26. The van der Waals surface area contributed by atoms with E-state index in [1.807, 2.05) is 0 Å². The second-order valence-corrected chi connectivity index (χ2v) is 8.85. The van der Waals surface area contributed by atoms with Crippen LogP contribution in [0.15, 0.2) is 23.2 Å². The van der Waals surface area contributed by atoms with Crippen LogP contribution in [0.5, 0.6) is 0 Å². The van der Waals surface area contributed by atoms with Crippen LogP contribution in [0.1, 0.15) is 55.2 Å². The van der Waals surface area contributed by atoms with Crippen molar-refractivity contribution in [3.63, 3.8) is 0 Å².